The van der Waals surface area contributed by atoms with Crippen molar-refractivity contribution in [1.82, 2.24) is 29.4 Å². The van der Waals surface area contributed by atoms with Crippen molar-refractivity contribution in [1.29, 1.82) is 5.26 Å². The van der Waals surface area contributed by atoms with Gasteiger partial charge in [0.25, 0.3) is 5.91 Å². The summed E-state index contributed by atoms with van der Waals surface area (Å²) in [6.07, 6.45) is 7.58. The van der Waals surface area contributed by atoms with Gasteiger partial charge >= 0.3 is 0 Å². The predicted molar refractivity (Wildman–Crippen MR) is 122 cm³/mol. The van der Waals surface area contributed by atoms with Crippen molar-refractivity contribution in [3.05, 3.63) is 28.7 Å². The first kappa shape index (κ1) is 19.3. The van der Waals surface area contributed by atoms with Crippen LogP contribution in [0.15, 0.2) is 12.5 Å². The molecule has 0 spiro atoms. The first-order valence-corrected chi connectivity index (χ1v) is 11.7. The number of imidazole rings is 1. The maximum absolute atomic E-state index is 13.8. The molecular formula is C22H22N8OS. The fourth-order valence-corrected chi connectivity index (χ4v) is 5.18. The van der Waals surface area contributed by atoms with Gasteiger partial charge in [0.2, 0.25) is 0 Å². The lowest BCUT2D eigenvalue weighted by atomic mass is 10.1. The number of aromatic nitrogens is 5. The number of anilines is 2. The third-order valence-electron chi connectivity index (χ3n) is 6.29. The number of H-pyrrole nitrogens is 1. The summed E-state index contributed by atoms with van der Waals surface area (Å²) < 4.78 is 2.02. The molecule has 162 valence electrons. The number of nitrogens with one attached hydrogen (secondary N) is 2. The van der Waals surface area contributed by atoms with Crippen molar-refractivity contribution in [2.45, 2.75) is 58.2 Å². The largest absolute Gasteiger partial charge is 0.342 e. The minimum Gasteiger partial charge on any atom is -0.342 e. The third kappa shape index (κ3) is 2.88. The highest BCUT2D eigenvalue weighted by atomic mass is 32.1. The van der Waals surface area contributed by atoms with Gasteiger partial charge in [-0.1, -0.05) is 11.3 Å². The van der Waals surface area contributed by atoms with E-state index in [1.807, 2.05) is 18.4 Å². The average Bonchev–Trinajstić information content (AvgIpc) is 3.68. The standard InChI is InChI=1S/C22H22N8OS/c1-3-29-18(21(31)30(12-4-5-12)13-6-7-13)11(2)15-16-17(26-10-25-16)19(27-20(15)29)28-22-24-9-14(8-23)32-22/h9-10,12-13H,3-7H2,1-2H3,(H,25,26)(H,24,27,28). The van der Waals surface area contributed by atoms with Crippen molar-refractivity contribution >= 4 is 50.3 Å². The zero-order valence-electron chi connectivity index (χ0n) is 17.8. The van der Waals surface area contributed by atoms with Gasteiger partial charge in [0.15, 0.2) is 10.9 Å². The molecule has 2 N–H and O–H groups in total. The van der Waals surface area contributed by atoms with Crippen molar-refractivity contribution in [2.24, 2.45) is 0 Å². The van der Waals surface area contributed by atoms with Crippen LogP contribution >= 0.6 is 11.3 Å². The molecule has 4 aromatic rings. The number of carbonyl (C=O) groups excluding carboxylic acids is 1. The average molecular weight is 447 g/mol. The number of fused-ring (bicyclic) bond motifs is 3. The highest BCUT2D eigenvalue weighted by Crippen LogP contribution is 2.40. The molecule has 2 aliphatic rings. The summed E-state index contributed by atoms with van der Waals surface area (Å²) in [5, 5.41) is 13.8. The molecule has 32 heavy (non-hydrogen) atoms. The zero-order valence-corrected chi connectivity index (χ0v) is 18.7. The van der Waals surface area contributed by atoms with Crippen molar-refractivity contribution in [3.8, 4) is 6.07 Å². The summed E-state index contributed by atoms with van der Waals surface area (Å²) in [5.74, 6) is 0.695. The van der Waals surface area contributed by atoms with E-state index in [1.165, 1.54) is 17.5 Å². The van der Waals surface area contributed by atoms with Gasteiger partial charge in [0.1, 0.15) is 33.3 Å². The number of aryl methyl sites for hydroxylation is 2. The van der Waals surface area contributed by atoms with Gasteiger partial charge in [-0.25, -0.2) is 15.0 Å². The first-order valence-electron chi connectivity index (χ1n) is 10.9. The van der Waals surface area contributed by atoms with Gasteiger partial charge in [-0.05, 0) is 45.1 Å². The summed E-state index contributed by atoms with van der Waals surface area (Å²) in [6, 6.07) is 2.87. The van der Waals surface area contributed by atoms with Crippen LogP contribution in [0.5, 0.6) is 0 Å². The molecule has 0 unspecified atom stereocenters. The van der Waals surface area contributed by atoms with E-state index in [0.29, 0.717) is 34.5 Å². The van der Waals surface area contributed by atoms with E-state index in [2.05, 4.69) is 31.2 Å². The molecule has 4 heterocycles. The Morgan fingerprint density at radius 2 is 2.09 bits per heavy atom. The lowest BCUT2D eigenvalue weighted by Gasteiger charge is -2.23. The van der Waals surface area contributed by atoms with Gasteiger partial charge in [-0.15, -0.1) is 0 Å². The van der Waals surface area contributed by atoms with Crippen LogP contribution in [-0.4, -0.2) is 47.4 Å². The van der Waals surface area contributed by atoms with Crippen LogP contribution in [0.2, 0.25) is 0 Å². The van der Waals surface area contributed by atoms with Crippen LogP contribution in [0.25, 0.3) is 22.1 Å². The summed E-state index contributed by atoms with van der Waals surface area (Å²) in [6.45, 7) is 4.67. The van der Waals surface area contributed by atoms with E-state index in [-0.39, 0.29) is 5.91 Å². The number of rotatable bonds is 6. The predicted octanol–water partition coefficient (Wildman–Crippen LogP) is 4.08. The molecule has 10 heteroatoms. The second kappa shape index (κ2) is 7.03. The van der Waals surface area contributed by atoms with E-state index in [4.69, 9.17) is 10.2 Å². The number of hydrogen-bond acceptors (Lipinski definition) is 7. The third-order valence-corrected chi connectivity index (χ3v) is 7.10. The zero-order chi connectivity index (χ0) is 22.0. The molecule has 0 bridgehead atoms. The van der Waals surface area contributed by atoms with Gasteiger partial charge in [0, 0.05) is 18.6 Å². The maximum Gasteiger partial charge on any atom is 0.271 e. The Morgan fingerprint density at radius 1 is 1.34 bits per heavy atom. The minimum absolute atomic E-state index is 0.115. The minimum atomic E-state index is 0.115. The Labute approximate surface area is 188 Å². The SMILES string of the molecule is CCn1c(C(=O)N(C2CC2)C2CC2)c(C)c2c3nc[nH]c3c(Nc3ncc(C#N)s3)nc21. The molecule has 4 aromatic heterocycles. The molecule has 6 rings (SSSR count). The van der Waals surface area contributed by atoms with Gasteiger partial charge in [-0.3, -0.25) is 4.79 Å². The molecule has 9 nitrogen and oxygen atoms in total. The molecule has 2 saturated carbocycles. The molecule has 0 aromatic carbocycles. The van der Waals surface area contributed by atoms with Gasteiger partial charge < -0.3 is 19.8 Å². The fourth-order valence-electron chi connectivity index (χ4n) is 4.57. The second-order valence-electron chi connectivity index (χ2n) is 8.44. The number of nitrogens with zero attached hydrogens (tertiary/aromatic N) is 6. The van der Waals surface area contributed by atoms with Crippen molar-refractivity contribution in [3.63, 3.8) is 0 Å². The lowest BCUT2D eigenvalue weighted by molar-refractivity contribution is 0.0718. The molecule has 0 saturated heterocycles. The molecule has 0 aliphatic heterocycles. The van der Waals surface area contributed by atoms with E-state index in [9.17, 15) is 4.79 Å². The first-order chi connectivity index (χ1) is 15.6. The highest BCUT2D eigenvalue weighted by molar-refractivity contribution is 7.16. The molecular weight excluding hydrogens is 424 g/mol. The molecule has 2 fully saturated rings. The Hall–Kier alpha value is -3.45. The van der Waals surface area contributed by atoms with Crippen LogP contribution in [-0.2, 0) is 6.54 Å². The topological polar surface area (TPSA) is 116 Å². The number of hydrogen-bond donors (Lipinski definition) is 2. The molecule has 2 aliphatic carbocycles. The van der Waals surface area contributed by atoms with E-state index in [0.717, 1.165) is 59.0 Å². The van der Waals surface area contributed by atoms with E-state index < -0.39 is 0 Å². The van der Waals surface area contributed by atoms with Gasteiger partial charge in [0.05, 0.1) is 17.9 Å². The summed E-state index contributed by atoms with van der Waals surface area (Å²) >= 11 is 1.27. The maximum atomic E-state index is 13.8. The Bertz CT molecular complexity index is 1400. The van der Waals surface area contributed by atoms with Gasteiger partial charge in [-0.2, -0.15) is 5.26 Å². The normalized spacial score (nSPS) is 15.9. The van der Waals surface area contributed by atoms with Crippen LogP contribution < -0.4 is 5.32 Å². The summed E-state index contributed by atoms with van der Waals surface area (Å²) in [4.78, 5) is 33.3. The van der Waals surface area contributed by atoms with E-state index >= 15 is 0 Å². The Balaban J connectivity index is 1.53. The highest BCUT2D eigenvalue weighted by Gasteiger charge is 2.43. The van der Waals surface area contributed by atoms with Crippen molar-refractivity contribution in [2.75, 3.05) is 5.32 Å². The van der Waals surface area contributed by atoms with Crippen LogP contribution in [0, 0.1) is 18.3 Å². The number of amides is 1. The number of nitriles is 1. The summed E-state index contributed by atoms with van der Waals surface area (Å²) in [7, 11) is 0. The molecule has 0 atom stereocenters. The van der Waals surface area contributed by atoms with Crippen LogP contribution in [0.4, 0.5) is 10.9 Å². The number of pyridine rings is 1. The Kier molecular flexibility index (Phi) is 4.23. The number of carbonyl (C=O) groups is 1. The van der Waals surface area contributed by atoms with Crippen LogP contribution in [0.3, 0.4) is 0 Å². The fraction of sp³-hybridized carbons (Fsp3) is 0.409. The second-order valence-corrected chi connectivity index (χ2v) is 9.47. The number of thiazole rings is 1. The molecule has 1 amide bonds. The summed E-state index contributed by atoms with van der Waals surface area (Å²) in [5.41, 5.74) is 3.91. The quantitative estimate of drug-likeness (QED) is 0.461. The smallest absolute Gasteiger partial charge is 0.271 e. The van der Waals surface area contributed by atoms with Crippen molar-refractivity contribution < 1.29 is 4.79 Å². The van der Waals surface area contributed by atoms with Crippen LogP contribution in [0.1, 0.15) is 53.5 Å². The number of aromatic amines is 1. The monoisotopic (exact) mass is 446 g/mol. The Morgan fingerprint density at radius 3 is 2.72 bits per heavy atom. The molecule has 0 radical (unpaired) electrons. The lowest BCUT2D eigenvalue weighted by Crippen LogP contribution is -2.36. The van der Waals surface area contributed by atoms with E-state index in [1.54, 1.807) is 6.33 Å².